The van der Waals surface area contributed by atoms with Crippen LogP contribution in [0.1, 0.15) is 58.8 Å². The van der Waals surface area contributed by atoms with Gasteiger partial charge >= 0.3 is 0 Å². The molecular weight excluding hydrogens is 220 g/mol. The minimum atomic E-state index is 0.548. The lowest BCUT2D eigenvalue weighted by molar-refractivity contribution is 0.0443. The van der Waals surface area contributed by atoms with Gasteiger partial charge in [0, 0.05) is 18.6 Å². The molecule has 2 unspecified atom stereocenters. The molecule has 2 atom stereocenters. The van der Waals surface area contributed by atoms with Crippen molar-refractivity contribution in [3.8, 4) is 0 Å². The fraction of sp³-hybridized carbons (Fsp3) is 1.00. The summed E-state index contributed by atoms with van der Waals surface area (Å²) in [5.41, 5.74) is 0.548. The van der Waals surface area contributed by atoms with Crippen LogP contribution < -0.4 is 0 Å². The Morgan fingerprint density at radius 1 is 0.833 bits per heavy atom. The summed E-state index contributed by atoms with van der Waals surface area (Å²) in [5, 5.41) is 0. The van der Waals surface area contributed by atoms with E-state index in [9.17, 15) is 0 Å². The standard InChI is InChI=1S/C16H30N2/c1-16(2)9-4-3-8-15(16)18-12-6-11-17-10-5-7-14(17)13-18/h14-15H,3-13H2,1-2H3. The predicted molar refractivity (Wildman–Crippen MR) is 76.8 cm³/mol. The molecule has 2 nitrogen and oxygen atoms in total. The van der Waals surface area contributed by atoms with Gasteiger partial charge in [-0.15, -0.1) is 0 Å². The van der Waals surface area contributed by atoms with Crippen molar-refractivity contribution in [2.24, 2.45) is 5.41 Å². The summed E-state index contributed by atoms with van der Waals surface area (Å²) in [7, 11) is 0. The van der Waals surface area contributed by atoms with Gasteiger partial charge in [0.05, 0.1) is 0 Å². The summed E-state index contributed by atoms with van der Waals surface area (Å²) >= 11 is 0. The molecule has 0 spiro atoms. The fourth-order valence-electron chi connectivity index (χ4n) is 4.67. The van der Waals surface area contributed by atoms with Crippen LogP contribution in [0.25, 0.3) is 0 Å². The van der Waals surface area contributed by atoms with Crippen LogP contribution in [0, 0.1) is 5.41 Å². The van der Waals surface area contributed by atoms with E-state index in [4.69, 9.17) is 0 Å². The van der Waals surface area contributed by atoms with E-state index in [1.54, 1.807) is 0 Å². The Labute approximate surface area is 113 Å². The van der Waals surface area contributed by atoms with Gasteiger partial charge in [0.25, 0.3) is 0 Å². The molecule has 2 aliphatic heterocycles. The molecule has 1 aliphatic carbocycles. The molecule has 0 aromatic carbocycles. The topological polar surface area (TPSA) is 6.48 Å². The summed E-state index contributed by atoms with van der Waals surface area (Å²) in [4.78, 5) is 5.63. The smallest absolute Gasteiger partial charge is 0.0223 e. The highest BCUT2D eigenvalue weighted by Crippen LogP contribution is 2.39. The quantitative estimate of drug-likeness (QED) is 0.705. The van der Waals surface area contributed by atoms with Gasteiger partial charge in [-0.25, -0.2) is 0 Å². The molecule has 104 valence electrons. The molecule has 1 saturated carbocycles. The normalized spacial score (nSPS) is 38.3. The summed E-state index contributed by atoms with van der Waals surface area (Å²) in [5.74, 6) is 0. The van der Waals surface area contributed by atoms with Crippen LogP contribution in [-0.4, -0.2) is 48.1 Å². The van der Waals surface area contributed by atoms with E-state index in [0.717, 1.165) is 12.1 Å². The summed E-state index contributed by atoms with van der Waals surface area (Å²) < 4.78 is 0. The van der Waals surface area contributed by atoms with Crippen LogP contribution in [0.15, 0.2) is 0 Å². The van der Waals surface area contributed by atoms with E-state index in [1.807, 2.05) is 0 Å². The molecule has 0 aromatic rings. The summed E-state index contributed by atoms with van der Waals surface area (Å²) in [6.07, 6.45) is 10.1. The maximum Gasteiger partial charge on any atom is 0.0223 e. The maximum atomic E-state index is 2.87. The van der Waals surface area contributed by atoms with Crippen molar-refractivity contribution < 1.29 is 0 Å². The van der Waals surface area contributed by atoms with E-state index >= 15 is 0 Å². The number of hydrogen-bond donors (Lipinski definition) is 0. The lowest BCUT2D eigenvalue weighted by Crippen LogP contribution is -2.50. The Morgan fingerprint density at radius 3 is 2.44 bits per heavy atom. The monoisotopic (exact) mass is 250 g/mol. The molecule has 3 rings (SSSR count). The van der Waals surface area contributed by atoms with Gasteiger partial charge < -0.3 is 0 Å². The third kappa shape index (κ3) is 2.46. The Morgan fingerprint density at radius 2 is 1.61 bits per heavy atom. The van der Waals surface area contributed by atoms with Gasteiger partial charge in [0.2, 0.25) is 0 Å². The number of nitrogens with zero attached hydrogens (tertiary/aromatic N) is 2. The van der Waals surface area contributed by atoms with E-state index in [0.29, 0.717) is 5.41 Å². The molecule has 0 N–H and O–H groups in total. The predicted octanol–water partition coefficient (Wildman–Crippen LogP) is 3.13. The third-order valence-corrected chi connectivity index (χ3v) is 5.73. The first kappa shape index (κ1) is 12.9. The molecular formula is C16H30N2. The van der Waals surface area contributed by atoms with E-state index in [2.05, 4.69) is 23.6 Å². The summed E-state index contributed by atoms with van der Waals surface area (Å²) in [6, 6.07) is 1.73. The lowest BCUT2D eigenvalue weighted by Gasteiger charge is -2.46. The van der Waals surface area contributed by atoms with Gasteiger partial charge in [-0.05, 0) is 57.2 Å². The number of rotatable bonds is 1. The van der Waals surface area contributed by atoms with Crippen molar-refractivity contribution in [3.05, 3.63) is 0 Å². The average molecular weight is 250 g/mol. The van der Waals surface area contributed by atoms with E-state index < -0.39 is 0 Å². The second-order valence-corrected chi connectivity index (χ2v) is 7.43. The highest BCUT2D eigenvalue weighted by Gasteiger charge is 2.39. The maximum absolute atomic E-state index is 2.87. The highest BCUT2D eigenvalue weighted by atomic mass is 15.3. The van der Waals surface area contributed by atoms with Crippen molar-refractivity contribution in [1.82, 2.24) is 9.80 Å². The van der Waals surface area contributed by atoms with Crippen molar-refractivity contribution in [3.63, 3.8) is 0 Å². The van der Waals surface area contributed by atoms with Crippen molar-refractivity contribution in [2.45, 2.75) is 70.9 Å². The zero-order valence-electron chi connectivity index (χ0n) is 12.3. The van der Waals surface area contributed by atoms with Crippen molar-refractivity contribution >= 4 is 0 Å². The zero-order chi connectivity index (χ0) is 12.6. The van der Waals surface area contributed by atoms with Crippen molar-refractivity contribution in [2.75, 3.05) is 26.2 Å². The molecule has 0 amide bonds. The second-order valence-electron chi connectivity index (χ2n) is 7.43. The van der Waals surface area contributed by atoms with Gasteiger partial charge in [-0.1, -0.05) is 26.7 Å². The summed E-state index contributed by atoms with van der Waals surface area (Å²) in [6.45, 7) is 10.4. The molecule has 2 saturated heterocycles. The molecule has 2 heterocycles. The molecule has 2 heteroatoms. The minimum Gasteiger partial charge on any atom is -0.299 e. The van der Waals surface area contributed by atoms with Crippen LogP contribution in [0.4, 0.5) is 0 Å². The van der Waals surface area contributed by atoms with E-state index in [1.165, 1.54) is 71.1 Å². The van der Waals surface area contributed by atoms with Crippen LogP contribution in [-0.2, 0) is 0 Å². The van der Waals surface area contributed by atoms with Gasteiger partial charge in [0.1, 0.15) is 0 Å². The van der Waals surface area contributed by atoms with E-state index in [-0.39, 0.29) is 0 Å². The Balaban J connectivity index is 1.70. The molecule has 0 bridgehead atoms. The Hall–Kier alpha value is -0.0800. The third-order valence-electron chi connectivity index (χ3n) is 5.73. The van der Waals surface area contributed by atoms with Gasteiger partial charge in [-0.2, -0.15) is 0 Å². The Bertz CT molecular complexity index is 287. The molecule has 3 fully saturated rings. The zero-order valence-corrected chi connectivity index (χ0v) is 12.3. The molecule has 0 radical (unpaired) electrons. The lowest BCUT2D eigenvalue weighted by atomic mass is 9.72. The first-order valence-electron chi connectivity index (χ1n) is 8.15. The van der Waals surface area contributed by atoms with Crippen LogP contribution in [0.3, 0.4) is 0 Å². The highest BCUT2D eigenvalue weighted by molar-refractivity contribution is 4.94. The first-order valence-corrected chi connectivity index (χ1v) is 8.15. The SMILES string of the molecule is CC1(C)CCCCC1N1CCCN2CCCC2C1. The van der Waals surface area contributed by atoms with Crippen LogP contribution >= 0.6 is 0 Å². The molecule has 0 aromatic heterocycles. The fourth-order valence-corrected chi connectivity index (χ4v) is 4.67. The minimum absolute atomic E-state index is 0.548. The Kier molecular flexibility index (Phi) is 3.68. The second kappa shape index (κ2) is 5.13. The van der Waals surface area contributed by atoms with Crippen LogP contribution in [0.2, 0.25) is 0 Å². The van der Waals surface area contributed by atoms with Crippen molar-refractivity contribution in [1.29, 1.82) is 0 Å². The van der Waals surface area contributed by atoms with Crippen LogP contribution in [0.5, 0.6) is 0 Å². The van der Waals surface area contributed by atoms with Gasteiger partial charge in [-0.3, -0.25) is 9.80 Å². The first-order chi connectivity index (χ1) is 8.67. The number of hydrogen-bond acceptors (Lipinski definition) is 2. The molecule has 3 aliphatic rings. The molecule has 18 heavy (non-hydrogen) atoms. The average Bonchev–Trinajstić information content (AvgIpc) is 2.67. The van der Waals surface area contributed by atoms with Gasteiger partial charge in [0.15, 0.2) is 0 Å². The largest absolute Gasteiger partial charge is 0.299 e. The number of fused-ring (bicyclic) bond motifs is 1.